The van der Waals surface area contributed by atoms with Crippen LogP contribution in [0.3, 0.4) is 0 Å². The minimum Gasteiger partial charge on any atom is -0.287 e. The van der Waals surface area contributed by atoms with Crippen LogP contribution in [0.15, 0.2) is 54.6 Å². The lowest BCUT2D eigenvalue weighted by atomic mass is 9.98. The molecule has 4 rings (SSSR count). The first-order chi connectivity index (χ1) is 11.2. The summed E-state index contributed by atoms with van der Waals surface area (Å²) < 4.78 is 0. The third-order valence-corrected chi connectivity index (χ3v) is 4.74. The highest BCUT2D eigenvalue weighted by Gasteiger charge is 2.43. The number of fused-ring (bicyclic) bond motifs is 1. The summed E-state index contributed by atoms with van der Waals surface area (Å²) in [7, 11) is 0. The summed E-state index contributed by atoms with van der Waals surface area (Å²) in [5.41, 5.74) is 3.28. The number of anilines is 1. The molecule has 0 N–H and O–H groups in total. The topological polar surface area (TPSA) is 40.6 Å². The van der Waals surface area contributed by atoms with E-state index in [0.29, 0.717) is 5.69 Å². The van der Waals surface area contributed by atoms with E-state index < -0.39 is 0 Å². The summed E-state index contributed by atoms with van der Waals surface area (Å²) in [6.07, 6.45) is 1.20. The molecule has 0 saturated carbocycles. The van der Waals surface area contributed by atoms with Gasteiger partial charge in [-0.3, -0.25) is 14.5 Å². The van der Waals surface area contributed by atoms with Crippen LogP contribution < -0.4 is 4.90 Å². The van der Waals surface area contributed by atoms with E-state index in [9.17, 15) is 9.59 Å². The quantitative estimate of drug-likeness (QED) is 0.800. The normalized spacial score (nSPS) is 21.6. The maximum absolute atomic E-state index is 12.8. The van der Waals surface area contributed by atoms with Crippen LogP contribution in [-0.4, -0.2) is 29.3 Å². The molecule has 2 amide bonds. The number of amides is 2. The highest BCUT2D eigenvalue weighted by atomic mass is 16.2. The van der Waals surface area contributed by atoms with E-state index in [4.69, 9.17) is 0 Å². The second-order valence-electron chi connectivity index (χ2n) is 6.11. The molecular formula is C19H18N2O2. The Labute approximate surface area is 135 Å². The smallest absolute Gasteiger partial charge is 0.251 e. The van der Waals surface area contributed by atoms with Crippen molar-refractivity contribution in [3.05, 3.63) is 65.7 Å². The lowest BCUT2D eigenvalue weighted by Gasteiger charge is -2.32. The fraction of sp³-hybridized carbons (Fsp3) is 0.263. The lowest BCUT2D eigenvalue weighted by Crippen LogP contribution is -2.44. The van der Waals surface area contributed by atoms with E-state index in [1.165, 1.54) is 16.0 Å². The summed E-state index contributed by atoms with van der Waals surface area (Å²) in [6, 6.07) is 17.2. The van der Waals surface area contributed by atoms with Crippen LogP contribution in [0, 0.1) is 0 Å². The third-order valence-electron chi connectivity index (χ3n) is 4.74. The number of imide groups is 1. The van der Waals surface area contributed by atoms with Crippen molar-refractivity contribution in [2.75, 3.05) is 11.4 Å². The molecule has 0 bridgehead atoms. The highest BCUT2D eigenvalue weighted by Crippen LogP contribution is 2.28. The molecule has 1 saturated heterocycles. The summed E-state index contributed by atoms with van der Waals surface area (Å²) in [4.78, 5) is 28.6. The van der Waals surface area contributed by atoms with Gasteiger partial charge >= 0.3 is 0 Å². The van der Waals surface area contributed by atoms with E-state index in [0.717, 1.165) is 19.5 Å². The van der Waals surface area contributed by atoms with Gasteiger partial charge < -0.3 is 0 Å². The van der Waals surface area contributed by atoms with Crippen LogP contribution in [0.5, 0.6) is 0 Å². The zero-order valence-electron chi connectivity index (χ0n) is 12.8. The van der Waals surface area contributed by atoms with Gasteiger partial charge in [0.15, 0.2) is 0 Å². The van der Waals surface area contributed by atoms with E-state index in [2.05, 4.69) is 23.1 Å². The van der Waals surface area contributed by atoms with Crippen LogP contribution in [0.1, 0.15) is 17.5 Å². The molecule has 0 aromatic heterocycles. The number of nitrogens with zero attached hydrogens (tertiary/aromatic N) is 2. The summed E-state index contributed by atoms with van der Waals surface area (Å²) in [5.74, 6) is -0.203. The van der Waals surface area contributed by atoms with Crippen LogP contribution in [0.25, 0.3) is 0 Å². The maximum atomic E-state index is 12.8. The summed E-state index contributed by atoms with van der Waals surface area (Å²) in [6.45, 7) is 1.56. The Balaban J connectivity index is 1.58. The Morgan fingerprint density at radius 3 is 2.35 bits per heavy atom. The molecule has 1 fully saturated rings. The number of benzene rings is 2. The predicted molar refractivity (Wildman–Crippen MR) is 87.9 cm³/mol. The molecule has 0 aliphatic carbocycles. The second kappa shape index (κ2) is 5.63. The largest absolute Gasteiger partial charge is 0.287 e. The average molecular weight is 306 g/mol. The molecule has 2 aromatic carbocycles. The van der Waals surface area contributed by atoms with Crippen molar-refractivity contribution in [2.45, 2.75) is 25.4 Å². The molecular weight excluding hydrogens is 288 g/mol. The maximum Gasteiger partial charge on any atom is 0.251 e. The Hall–Kier alpha value is -2.46. The molecule has 0 spiro atoms. The molecule has 2 aliphatic rings. The van der Waals surface area contributed by atoms with Gasteiger partial charge in [0.05, 0.1) is 18.2 Å². The monoisotopic (exact) mass is 306 g/mol. The number of rotatable bonds is 2. The van der Waals surface area contributed by atoms with Crippen molar-refractivity contribution in [3.8, 4) is 0 Å². The zero-order valence-corrected chi connectivity index (χ0v) is 12.8. The van der Waals surface area contributed by atoms with Gasteiger partial charge in [0.25, 0.3) is 5.91 Å². The number of carbonyl (C=O) groups excluding carboxylic acids is 2. The van der Waals surface area contributed by atoms with Crippen molar-refractivity contribution < 1.29 is 9.59 Å². The Bertz CT molecular complexity index is 757. The average Bonchev–Trinajstić information content (AvgIpc) is 2.90. The first-order valence-corrected chi connectivity index (χ1v) is 7.97. The molecule has 4 nitrogen and oxygen atoms in total. The molecule has 4 heteroatoms. The van der Waals surface area contributed by atoms with Gasteiger partial charge in [-0.05, 0) is 29.7 Å². The van der Waals surface area contributed by atoms with Crippen LogP contribution in [0.2, 0.25) is 0 Å². The van der Waals surface area contributed by atoms with Gasteiger partial charge in [-0.2, -0.15) is 0 Å². The van der Waals surface area contributed by atoms with E-state index >= 15 is 0 Å². The first-order valence-electron chi connectivity index (χ1n) is 7.97. The molecule has 2 aliphatic heterocycles. The van der Waals surface area contributed by atoms with Gasteiger partial charge in [0, 0.05) is 13.1 Å². The minimum atomic E-state index is -0.337. The Morgan fingerprint density at radius 2 is 1.57 bits per heavy atom. The summed E-state index contributed by atoms with van der Waals surface area (Å²) in [5, 5.41) is 0. The van der Waals surface area contributed by atoms with E-state index in [1.54, 1.807) is 0 Å². The summed E-state index contributed by atoms with van der Waals surface area (Å²) >= 11 is 0. The first kappa shape index (κ1) is 14.2. The van der Waals surface area contributed by atoms with Crippen LogP contribution in [-0.2, 0) is 22.6 Å². The van der Waals surface area contributed by atoms with Crippen molar-refractivity contribution in [2.24, 2.45) is 0 Å². The molecule has 0 radical (unpaired) electrons. The minimum absolute atomic E-state index is 0.0967. The van der Waals surface area contributed by atoms with Crippen LogP contribution in [0.4, 0.5) is 5.69 Å². The molecule has 116 valence electrons. The van der Waals surface area contributed by atoms with Crippen molar-refractivity contribution >= 4 is 17.5 Å². The lowest BCUT2D eigenvalue weighted by molar-refractivity contribution is -0.123. The molecule has 2 aromatic rings. The van der Waals surface area contributed by atoms with Gasteiger partial charge in [0.1, 0.15) is 0 Å². The van der Waals surface area contributed by atoms with Crippen LogP contribution >= 0.6 is 0 Å². The van der Waals surface area contributed by atoms with Gasteiger partial charge in [0.2, 0.25) is 5.91 Å². The SMILES string of the molecule is O=C1CC(N2CCc3ccccc3C2)C(=O)N1c1ccccc1. The standard InChI is InChI=1S/C19H18N2O2/c22-18-12-17(19(23)21(18)16-8-2-1-3-9-16)20-11-10-14-6-4-5-7-15(14)13-20/h1-9,17H,10-13H2. The predicted octanol–water partition coefficient (Wildman–Crippen LogP) is 2.38. The zero-order chi connectivity index (χ0) is 15.8. The number of carbonyl (C=O) groups is 2. The number of hydrogen-bond acceptors (Lipinski definition) is 3. The van der Waals surface area contributed by atoms with E-state index in [-0.39, 0.29) is 24.3 Å². The Kier molecular flexibility index (Phi) is 3.46. The third kappa shape index (κ3) is 2.45. The van der Waals surface area contributed by atoms with Crippen molar-refractivity contribution in [1.29, 1.82) is 0 Å². The van der Waals surface area contributed by atoms with Gasteiger partial charge in [-0.1, -0.05) is 42.5 Å². The van der Waals surface area contributed by atoms with Crippen molar-refractivity contribution in [1.82, 2.24) is 4.90 Å². The Morgan fingerprint density at radius 1 is 0.870 bits per heavy atom. The van der Waals surface area contributed by atoms with E-state index in [1.807, 2.05) is 36.4 Å². The molecule has 2 heterocycles. The number of hydrogen-bond donors (Lipinski definition) is 0. The van der Waals surface area contributed by atoms with Gasteiger partial charge in [-0.15, -0.1) is 0 Å². The van der Waals surface area contributed by atoms with Gasteiger partial charge in [-0.25, -0.2) is 4.90 Å². The molecule has 23 heavy (non-hydrogen) atoms. The molecule has 1 atom stereocenters. The molecule has 1 unspecified atom stereocenters. The fourth-order valence-corrected chi connectivity index (χ4v) is 3.53. The fourth-order valence-electron chi connectivity index (χ4n) is 3.53. The van der Waals surface area contributed by atoms with Crippen molar-refractivity contribution in [3.63, 3.8) is 0 Å². The highest BCUT2D eigenvalue weighted by molar-refractivity contribution is 6.22. The number of para-hydroxylation sites is 1. The second-order valence-corrected chi connectivity index (χ2v) is 6.11.